The molecule has 0 spiro atoms. The second-order valence-corrected chi connectivity index (χ2v) is 7.26. The van der Waals surface area contributed by atoms with Crippen LogP contribution in [-0.4, -0.2) is 60.9 Å². The highest BCUT2D eigenvalue weighted by Gasteiger charge is 2.18. The van der Waals surface area contributed by atoms with Gasteiger partial charge in [0.05, 0.1) is 0 Å². The summed E-state index contributed by atoms with van der Waals surface area (Å²) in [6.07, 6.45) is 0. The fourth-order valence-corrected chi connectivity index (χ4v) is 3.52. The molecule has 2 aromatic rings. The van der Waals surface area contributed by atoms with Crippen LogP contribution in [0.1, 0.15) is 22.8 Å². The Kier molecular flexibility index (Phi) is 6.59. The smallest absolute Gasteiger partial charge is 0.251 e. The molecule has 2 amide bonds. The maximum Gasteiger partial charge on any atom is 0.251 e. The minimum atomic E-state index is -0.521. The van der Waals surface area contributed by atoms with Crippen LogP contribution in [-0.2, 0) is 4.79 Å². The van der Waals surface area contributed by atoms with Crippen molar-refractivity contribution in [2.45, 2.75) is 13.8 Å². The van der Waals surface area contributed by atoms with E-state index >= 15 is 0 Å². The number of nitrogens with zero attached hydrogens (tertiary/aromatic N) is 2. The summed E-state index contributed by atoms with van der Waals surface area (Å²) in [6.45, 7) is 7.33. The molecule has 1 N–H and O–H groups in total. The molecule has 0 saturated carbocycles. The van der Waals surface area contributed by atoms with Crippen LogP contribution in [0.5, 0.6) is 0 Å². The maximum absolute atomic E-state index is 14.6. The lowest BCUT2D eigenvalue weighted by Crippen LogP contribution is -2.49. The number of nitrogens with one attached hydrogen (secondary N) is 1. The van der Waals surface area contributed by atoms with E-state index in [0.29, 0.717) is 42.9 Å². The third-order valence-electron chi connectivity index (χ3n) is 5.24. The Morgan fingerprint density at radius 2 is 1.69 bits per heavy atom. The van der Waals surface area contributed by atoms with Crippen LogP contribution in [0, 0.1) is 18.6 Å². The zero-order valence-electron chi connectivity index (χ0n) is 16.7. The zero-order valence-corrected chi connectivity index (χ0v) is 16.7. The fourth-order valence-electron chi connectivity index (χ4n) is 3.52. The van der Waals surface area contributed by atoms with Gasteiger partial charge in [-0.2, -0.15) is 0 Å². The monoisotopic (exact) mass is 401 g/mol. The molecule has 0 aliphatic carbocycles. The topological polar surface area (TPSA) is 52.7 Å². The summed E-state index contributed by atoms with van der Waals surface area (Å²) in [5.74, 6) is -1.15. The number of rotatable bonds is 5. The van der Waals surface area contributed by atoms with Crippen molar-refractivity contribution in [3.05, 3.63) is 59.2 Å². The second kappa shape index (κ2) is 9.13. The van der Waals surface area contributed by atoms with Gasteiger partial charge in [-0.1, -0.05) is 12.1 Å². The van der Waals surface area contributed by atoms with E-state index in [9.17, 15) is 18.4 Å². The number of hydrogen-bond donors (Lipinski definition) is 1. The molecule has 3 rings (SSSR count). The van der Waals surface area contributed by atoms with Gasteiger partial charge in [0.2, 0.25) is 5.91 Å². The molecule has 1 aliphatic rings. The van der Waals surface area contributed by atoms with Gasteiger partial charge in [-0.25, -0.2) is 8.78 Å². The fraction of sp³-hybridized carbons (Fsp3) is 0.364. The molecule has 5 nitrogen and oxygen atoms in total. The lowest BCUT2D eigenvalue weighted by Gasteiger charge is -2.34. The van der Waals surface area contributed by atoms with E-state index in [2.05, 4.69) is 10.2 Å². The van der Waals surface area contributed by atoms with Crippen LogP contribution in [0.25, 0.3) is 11.1 Å². The summed E-state index contributed by atoms with van der Waals surface area (Å²) >= 11 is 0. The molecule has 0 aromatic heterocycles. The Balaban J connectivity index is 1.55. The Bertz CT molecular complexity index is 909. The van der Waals surface area contributed by atoms with E-state index in [1.165, 1.54) is 24.3 Å². The van der Waals surface area contributed by atoms with Crippen molar-refractivity contribution in [1.82, 2.24) is 15.1 Å². The number of halogens is 2. The minimum absolute atomic E-state index is 0.0826. The Morgan fingerprint density at radius 3 is 2.31 bits per heavy atom. The van der Waals surface area contributed by atoms with Gasteiger partial charge in [-0.15, -0.1) is 0 Å². The Hall–Kier alpha value is -2.80. The third kappa shape index (κ3) is 5.17. The van der Waals surface area contributed by atoms with Gasteiger partial charge < -0.3 is 10.2 Å². The van der Waals surface area contributed by atoms with Crippen molar-refractivity contribution < 1.29 is 18.4 Å². The molecule has 0 unspecified atom stereocenters. The molecule has 0 bridgehead atoms. The van der Waals surface area contributed by atoms with Crippen LogP contribution in [0.15, 0.2) is 36.4 Å². The molecule has 0 radical (unpaired) electrons. The van der Waals surface area contributed by atoms with Crippen LogP contribution >= 0.6 is 0 Å². The summed E-state index contributed by atoms with van der Waals surface area (Å²) in [5, 5.41) is 2.81. The van der Waals surface area contributed by atoms with Gasteiger partial charge in [0, 0.05) is 57.3 Å². The number of aryl methyl sites for hydroxylation is 1. The Labute approximate surface area is 169 Å². The molecule has 1 saturated heterocycles. The SMILES string of the molecule is CC(=O)N1CCN(CCNC(=O)c2ccc(-c3ccc(F)cc3C)c(F)c2)CC1. The molecule has 29 heavy (non-hydrogen) atoms. The van der Waals surface area contributed by atoms with E-state index in [4.69, 9.17) is 0 Å². The second-order valence-electron chi connectivity index (χ2n) is 7.26. The van der Waals surface area contributed by atoms with Crippen LogP contribution in [0.2, 0.25) is 0 Å². The van der Waals surface area contributed by atoms with Gasteiger partial charge in [0.15, 0.2) is 0 Å². The van der Waals surface area contributed by atoms with Crippen LogP contribution in [0.3, 0.4) is 0 Å². The summed E-state index contributed by atoms with van der Waals surface area (Å²) < 4.78 is 27.9. The molecule has 2 aromatic carbocycles. The highest BCUT2D eigenvalue weighted by atomic mass is 19.1. The largest absolute Gasteiger partial charge is 0.351 e. The van der Waals surface area contributed by atoms with E-state index in [1.54, 1.807) is 26.0 Å². The van der Waals surface area contributed by atoms with Gasteiger partial charge in [-0.3, -0.25) is 14.5 Å². The highest BCUT2D eigenvalue weighted by Crippen LogP contribution is 2.27. The molecular formula is C22H25F2N3O2. The average molecular weight is 401 g/mol. The van der Waals surface area contributed by atoms with Crippen molar-refractivity contribution in [2.75, 3.05) is 39.3 Å². The summed E-state index contributed by atoms with van der Waals surface area (Å²) in [7, 11) is 0. The molecule has 154 valence electrons. The summed E-state index contributed by atoms with van der Waals surface area (Å²) in [4.78, 5) is 27.7. The van der Waals surface area contributed by atoms with E-state index in [0.717, 1.165) is 13.1 Å². The van der Waals surface area contributed by atoms with Crippen LogP contribution in [0.4, 0.5) is 8.78 Å². The van der Waals surface area contributed by atoms with Crippen molar-refractivity contribution in [1.29, 1.82) is 0 Å². The third-order valence-corrected chi connectivity index (χ3v) is 5.24. The van der Waals surface area contributed by atoms with Crippen molar-refractivity contribution in [2.24, 2.45) is 0 Å². The summed E-state index contributed by atoms with van der Waals surface area (Å²) in [6, 6.07) is 8.51. The molecule has 0 atom stereocenters. The van der Waals surface area contributed by atoms with Crippen LogP contribution < -0.4 is 5.32 Å². The minimum Gasteiger partial charge on any atom is -0.351 e. The molecule has 7 heteroatoms. The van der Waals surface area contributed by atoms with Gasteiger partial charge in [0.25, 0.3) is 5.91 Å². The van der Waals surface area contributed by atoms with Crippen molar-refractivity contribution in [3.8, 4) is 11.1 Å². The molecule has 1 aliphatic heterocycles. The lowest BCUT2D eigenvalue weighted by molar-refractivity contribution is -0.130. The van der Waals surface area contributed by atoms with Gasteiger partial charge in [-0.05, 0) is 42.3 Å². The zero-order chi connectivity index (χ0) is 21.0. The average Bonchev–Trinajstić information content (AvgIpc) is 2.69. The first-order chi connectivity index (χ1) is 13.8. The molecule has 1 heterocycles. The first-order valence-electron chi connectivity index (χ1n) is 9.67. The maximum atomic E-state index is 14.6. The molecule has 1 fully saturated rings. The van der Waals surface area contributed by atoms with Gasteiger partial charge >= 0.3 is 0 Å². The quantitative estimate of drug-likeness (QED) is 0.838. The van der Waals surface area contributed by atoms with E-state index < -0.39 is 5.82 Å². The summed E-state index contributed by atoms with van der Waals surface area (Å²) in [5.41, 5.74) is 1.81. The van der Waals surface area contributed by atoms with E-state index in [1.807, 2.05) is 4.90 Å². The predicted octanol–water partition coefficient (Wildman–Crippen LogP) is 2.83. The Morgan fingerprint density at radius 1 is 1.00 bits per heavy atom. The van der Waals surface area contributed by atoms with E-state index in [-0.39, 0.29) is 23.2 Å². The van der Waals surface area contributed by atoms with Gasteiger partial charge in [0.1, 0.15) is 11.6 Å². The number of hydrogen-bond acceptors (Lipinski definition) is 3. The highest BCUT2D eigenvalue weighted by molar-refractivity contribution is 5.94. The number of carbonyl (C=O) groups excluding carboxylic acids is 2. The molecular weight excluding hydrogens is 376 g/mol. The van der Waals surface area contributed by atoms with Crippen molar-refractivity contribution >= 4 is 11.8 Å². The predicted molar refractivity (Wildman–Crippen MR) is 108 cm³/mol. The number of piperazine rings is 1. The number of amides is 2. The normalized spacial score (nSPS) is 14.7. The lowest BCUT2D eigenvalue weighted by atomic mass is 9.98. The van der Waals surface area contributed by atoms with Crippen molar-refractivity contribution in [3.63, 3.8) is 0 Å². The first-order valence-corrected chi connectivity index (χ1v) is 9.67. The number of benzene rings is 2. The standard InChI is InChI=1S/C22H25F2N3O2/c1-15-13-18(23)4-6-19(15)20-5-3-17(14-21(20)24)22(29)25-7-8-26-9-11-27(12-10-26)16(2)28/h3-6,13-14H,7-12H2,1-2H3,(H,25,29). The first kappa shape index (κ1) is 20.9. The number of carbonyl (C=O) groups is 2.